The number of halogens is 5. The lowest BCUT2D eigenvalue weighted by atomic mass is 10.0. The molecule has 2 aliphatic heterocycles. The van der Waals surface area contributed by atoms with E-state index in [9.17, 15) is 31.5 Å². The molecule has 2 heterocycles. The van der Waals surface area contributed by atoms with Crippen molar-refractivity contribution in [2.75, 3.05) is 18.4 Å². The molecule has 2 aliphatic rings. The van der Waals surface area contributed by atoms with Crippen LogP contribution in [0.15, 0.2) is 30.3 Å². The van der Waals surface area contributed by atoms with E-state index in [0.717, 1.165) is 18.2 Å². The number of fused-ring (bicyclic) bond motifs is 2. The third-order valence-corrected chi connectivity index (χ3v) is 6.00. The number of carbonyl (C=O) groups is 2. The van der Waals surface area contributed by atoms with Crippen molar-refractivity contribution in [3.05, 3.63) is 65.0 Å². The Morgan fingerprint density at radius 3 is 2.27 bits per heavy atom. The van der Waals surface area contributed by atoms with Gasteiger partial charge in [-0.1, -0.05) is 0 Å². The maximum absolute atomic E-state index is 13.8. The van der Waals surface area contributed by atoms with E-state index in [0.29, 0.717) is 18.6 Å². The number of nitrogens with one attached hydrogen (secondary N) is 1. The number of likely N-dealkylation sites (tertiary alicyclic amines) is 2. The van der Waals surface area contributed by atoms with E-state index in [2.05, 4.69) is 5.32 Å². The zero-order valence-corrected chi connectivity index (χ0v) is 17.3. The molecule has 3 atom stereocenters. The van der Waals surface area contributed by atoms with Crippen molar-refractivity contribution < 1.29 is 31.5 Å². The zero-order valence-electron chi connectivity index (χ0n) is 17.3. The topological polar surface area (TPSA) is 78.7 Å². The first-order chi connectivity index (χ1) is 15.6. The van der Waals surface area contributed by atoms with Gasteiger partial charge in [-0.3, -0.25) is 4.79 Å². The minimum atomic E-state index is -1.30. The molecule has 0 aromatic heterocycles. The second-order valence-electron chi connectivity index (χ2n) is 8.32. The van der Waals surface area contributed by atoms with E-state index >= 15 is 0 Å². The van der Waals surface area contributed by atoms with Gasteiger partial charge in [0.05, 0.1) is 17.8 Å². The summed E-state index contributed by atoms with van der Waals surface area (Å²) >= 11 is 0. The fourth-order valence-electron chi connectivity index (χ4n) is 4.42. The van der Waals surface area contributed by atoms with E-state index in [4.69, 9.17) is 5.73 Å². The smallest absolute Gasteiger partial charge is 0.322 e. The van der Waals surface area contributed by atoms with Gasteiger partial charge in [0.1, 0.15) is 17.5 Å². The van der Waals surface area contributed by atoms with E-state index in [1.807, 2.05) is 0 Å². The first kappa shape index (κ1) is 23.0. The van der Waals surface area contributed by atoms with Crippen LogP contribution in [0.4, 0.5) is 32.4 Å². The molecular weight excluding hydrogens is 447 g/mol. The summed E-state index contributed by atoms with van der Waals surface area (Å²) in [6, 6.07) is 2.11. The number of amides is 3. The van der Waals surface area contributed by atoms with Gasteiger partial charge in [0.15, 0.2) is 11.6 Å². The maximum Gasteiger partial charge on any atom is 0.322 e. The van der Waals surface area contributed by atoms with Gasteiger partial charge in [-0.2, -0.15) is 0 Å². The molecule has 0 aliphatic carbocycles. The molecule has 176 valence electrons. The molecule has 0 spiro atoms. The van der Waals surface area contributed by atoms with Crippen molar-refractivity contribution in [1.29, 1.82) is 0 Å². The molecule has 4 rings (SSSR count). The molecule has 0 unspecified atom stereocenters. The third-order valence-electron chi connectivity index (χ3n) is 6.00. The van der Waals surface area contributed by atoms with Crippen molar-refractivity contribution in [2.24, 2.45) is 5.73 Å². The summed E-state index contributed by atoms with van der Waals surface area (Å²) in [7, 11) is 0. The lowest BCUT2D eigenvalue weighted by Crippen LogP contribution is -2.52. The van der Waals surface area contributed by atoms with Crippen LogP contribution < -0.4 is 11.1 Å². The Morgan fingerprint density at radius 1 is 0.939 bits per heavy atom. The molecule has 2 bridgehead atoms. The van der Waals surface area contributed by atoms with E-state index < -0.39 is 41.2 Å². The molecule has 2 saturated heterocycles. The Hall–Kier alpha value is -3.21. The van der Waals surface area contributed by atoms with Gasteiger partial charge in [-0.25, -0.2) is 26.7 Å². The number of nitrogens with two attached hydrogens (primary N) is 1. The van der Waals surface area contributed by atoms with Gasteiger partial charge in [-0.05, 0) is 36.6 Å². The van der Waals surface area contributed by atoms with E-state index in [1.165, 1.54) is 4.90 Å². The number of benzene rings is 2. The molecule has 0 saturated carbocycles. The predicted octanol–water partition coefficient (Wildman–Crippen LogP) is 3.16. The fraction of sp³-hybridized carbons (Fsp3) is 0.364. The minimum absolute atomic E-state index is 0.118. The quantitative estimate of drug-likeness (QED) is 0.523. The van der Waals surface area contributed by atoms with Gasteiger partial charge >= 0.3 is 6.03 Å². The first-order valence-corrected chi connectivity index (χ1v) is 10.3. The van der Waals surface area contributed by atoms with Gasteiger partial charge in [-0.15, -0.1) is 0 Å². The molecular formula is C22H21F5N4O2. The highest BCUT2D eigenvalue weighted by molar-refractivity contribution is 5.90. The minimum Gasteiger partial charge on any atom is -0.336 e. The second kappa shape index (κ2) is 8.97. The predicted molar refractivity (Wildman–Crippen MR) is 109 cm³/mol. The van der Waals surface area contributed by atoms with Crippen molar-refractivity contribution >= 4 is 17.6 Å². The van der Waals surface area contributed by atoms with E-state index in [1.54, 1.807) is 4.90 Å². The van der Waals surface area contributed by atoms with Crippen LogP contribution in [0.2, 0.25) is 0 Å². The lowest BCUT2D eigenvalue weighted by Gasteiger charge is -2.34. The normalized spacial score (nSPS) is 20.3. The maximum atomic E-state index is 13.8. The van der Waals surface area contributed by atoms with Crippen LogP contribution >= 0.6 is 0 Å². The van der Waals surface area contributed by atoms with E-state index in [-0.39, 0.29) is 55.2 Å². The molecule has 0 radical (unpaired) electrons. The largest absolute Gasteiger partial charge is 0.336 e. The zero-order chi connectivity index (χ0) is 23.9. The number of anilines is 1. The van der Waals surface area contributed by atoms with Gasteiger partial charge < -0.3 is 20.9 Å². The second-order valence-corrected chi connectivity index (χ2v) is 8.32. The summed E-state index contributed by atoms with van der Waals surface area (Å²) in [5, 5.41) is 2.41. The van der Waals surface area contributed by atoms with Crippen LogP contribution in [0.1, 0.15) is 18.4 Å². The van der Waals surface area contributed by atoms with Crippen LogP contribution in [-0.4, -0.2) is 53.0 Å². The number of nitrogens with zero attached hydrogens (tertiary/aromatic N) is 2. The number of urea groups is 1. The number of rotatable bonds is 5. The Labute approximate surface area is 186 Å². The average molecular weight is 468 g/mol. The van der Waals surface area contributed by atoms with Crippen LogP contribution in [0.25, 0.3) is 0 Å². The third kappa shape index (κ3) is 4.77. The Balaban J connectivity index is 1.31. The number of carbonyl (C=O) groups excluding carboxylic acids is 2. The molecule has 11 heteroatoms. The molecule has 3 N–H and O–H groups in total. The molecule has 2 aromatic carbocycles. The molecule has 2 fully saturated rings. The van der Waals surface area contributed by atoms with Crippen LogP contribution in [0.3, 0.4) is 0 Å². The summed E-state index contributed by atoms with van der Waals surface area (Å²) in [5.41, 5.74) is 5.69. The van der Waals surface area contributed by atoms with Crippen LogP contribution in [0, 0.1) is 29.1 Å². The highest BCUT2D eigenvalue weighted by atomic mass is 19.2. The van der Waals surface area contributed by atoms with Crippen molar-refractivity contribution in [1.82, 2.24) is 9.80 Å². The molecule has 33 heavy (non-hydrogen) atoms. The number of piperazine rings is 1. The SMILES string of the molecule is N[C@@H](CC(=O)N1C[C@H]2C[C@@H]1CN2C(=O)Nc1ccc(F)cc1F)Cc1cc(F)c(F)cc1F. The Kier molecular flexibility index (Phi) is 6.24. The standard InChI is InChI=1S/C22H21F5N4O2/c23-12-1-2-20(19(27)5-12)29-22(33)31-10-14-7-15(31)9-30(14)21(32)6-13(28)3-11-4-17(25)18(26)8-16(11)24/h1-2,4-5,8,13-15H,3,6-7,9-10,28H2,(H,29,33)/t13-,14-,15-/m1/s1. The summed E-state index contributed by atoms with van der Waals surface area (Å²) in [4.78, 5) is 28.3. The monoisotopic (exact) mass is 468 g/mol. The van der Waals surface area contributed by atoms with Gasteiger partial charge in [0.25, 0.3) is 0 Å². The van der Waals surface area contributed by atoms with Crippen LogP contribution in [-0.2, 0) is 11.2 Å². The Bertz CT molecular complexity index is 1100. The van der Waals surface area contributed by atoms with Crippen molar-refractivity contribution in [3.8, 4) is 0 Å². The van der Waals surface area contributed by atoms with Gasteiger partial charge in [0.2, 0.25) is 5.91 Å². The summed E-state index contributed by atoms with van der Waals surface area (Å²) in [5.74, 6) is -5.37. The highest BCUT2D eigenvalue weighted by Crippen LogP contribution is 2.32. The molecule has 3 amide bonds. The fourth-order valence-corrected chi connectivity index (χ4v) is 4.42. The average Bonchev–Trinajstić information content (AvgIpc) is 3.35. The van der Waals surface area contributed by atoms with Crippen molar-refractivity contribution in [3.63, 3.8) is 0 Å². The number of hydrogen-bond acceptors (Lipinski definition) is 3. The lowest BCUT2D eigenvalue weighted by molar-refractivity contribution is -0.133. The number of hydrogen-bond donors (Lipinski definition) is 2. The first-order valence-electron chi connectivity index (χ1n) is 10.3. The van der Waals surface area contributed by atoms with Gasteiger partial charge in [0, 0.05) is 37.7 Å². The summed E-state index contributed by atoms with van der Waals surface area (Å²) in [6.07, 6.45) is 0.265. The summed E-state index contributed by atoms with van der Waals surface area (Å²) < 4.78 is 67.1. The highest BCUT2D eigenvalue weighted by Gasteiger charge is 2.47. The molecule has 6 nitrogen and oxygen atoms in total. The van der Waals surface area contributed by atoms with Crippen LogP contribution in [0.5, 0.6) is 0 Å². The molecule has 2 aromatic rings. The van der Waals surface area contributed by atoms with Crippen molar-refractivity contribution in [2.45, 2.75) is 37.4 Å². The Morgan fingerprint density at radius 2 is 1.61 bits per heavy atom. The summed E-state index contributed by atoms with van der Waals surface area (Å²) in [6.45, 7) is 0.493.